The molecule has 2 heterocycles. The summed E-state index contributed by atoms with van der Waals surface area (Å²) in [6.07, 6.45) is 5.26. The maximum Gasteiger partial charge on any atom is 0.246 e. The lowest BCUT2D eigenvalue weighted by molar-refractivity contribution is -0.123. The van der Waals surface area contributed by atoms with Crippen LogP contribution in [-0.2, 0) is 9.22 Å². The summed E-state index contributed by atoms with van der Waals surface area (Å²) in [6.45, 7) is 14.4. The first-order valence-electron chi connectivity index (χ1n) is 8.77. The van der Waals surface area contributed by atoms with Gasteiger partial charge in [-0.3, -0.25) is 9.69 Å². The minimum atomic E-state index is -1.73. The van der Waals surface area contributed by atoms with E-state index in [1.165, 1.54) is 18.4 Å². The highest BCUT2D eigenvalue weighted by Gasteiger charge is 2.48. The van der Waals surface area contributed by atoms with Gasteiger partial charge in [0.1, 0.15) is 0 Å². The molecule has 0 aromatic rings. The summed E-state index contributed by atoms with van der Waals surface area (Å²) in [7, 11) is 1.89. The molecule has 0 spiro atoms. The molecule has 2 saturated heterocycles. The molecule has 0 saturated carbocycles. The molecule has 1 amide bonds. The molecule has 0 N–H and O–H groups in total. The summed E-state index contributed by atoms with van der Waals surface area (Å²) in [6, 6.07) is 0. The zero-order valence-corrected chi connectivity index (χ0v) is 17.0. The molecule has 0 aromatic carbocycles. The van der Waals surface area contributed by atoms with E-state index in [1.54, 1.807) is 4.90 Å². The number of nitrogens with zero attached hydrogens (tertiary/aromatic N) is 2. The van der Waals surface area contributed by atoms with Gasteiger partial charge in [0, 0.05) is 32.3 Å². The Morgan fingerprint density at radius 3 is 2.61 bits per heavy atom. The molecule has 23 heavy (non-hydrogen) atoms. The summed E-state index contributed by atoms with van der Waals surface area (Å²) in [5, 5.41) is 0.241. The third-order valence-electron chi connectivity index (χ3n) is 5.97. The van der Waals surface area contributed by atoms with Gasteiger partial charge in [-0.25, -0.2) is 0 Å². The van der Waals surface area contributed by atoms with E-state index in [4.69, 9.17) is 4.43 Å². The quantitative estimate of drug-likeness (QED) is 0.583. The Kier molecular flexibility index (Phi) is 5.15. The standard InChI is InChI=1S/C18H34N2O2Si/c1-17(2,3)23(6,7)22-14-18-9-8-10-20(18)13-15(12-18)11-16(21)19(4)5/h11H,8-10,12-14H2,1-7H3/b15-11-/t18-/m0/s1. The third-order valence-corrected chi connectivity index (χ3v) is 10.4. The second kappa shape index (κ2) is 6.34. The highest BCUT2D eigenvalue weighted by Crippen LogP contribution is 2.44. The smallest absolute Gasteiger partial charge is 0.246 e. The summed E-state index contributed by atoms with van der Waals surface area (Å²) < 4.78 is 6.56. The maximum absolute atomic E-state index is 12.0. The van der Waals surface area contributed by atoms with E-state index in [9.17, 15) is 4.79 Å². The number of rotatable bonds is 4. The molecule has 0 bridgehead atoms. The zero-order valence-electron chi connectivity index (χ0n) is 16.0. The van der Waals surface area contributed by atoms with E-state index in [2.05, 4.69) is 38.8 Å². The van der Waals surface area contributed by atoms with Crippen LogP contribution >= 0.6 is 0 Å². The fourth-order valence-electron chi connectivity index (χ4n) is 3.31. The second-order valence-corrected chi connectivity index (χ2v) is 13.8. The van der Waals surface area contributed by atoms with Crippen molar-refractivity contribution >= 4 is 14.2 Å². The van der Waals surface area contributed by atoms with Crippen molar-refractivity contribution in [2.24, 2.45) is 0 Å². The molecular weight excluding hydrogens is 304 g/mol. The van der Waals surface area contributed by atoms with Crippen molar-refractivity contribution in [3.05, 3.63) is 11.6 Å². The Morgan fingerprint density at radius 1 is 1.39 bits per heavy atom. The van der Waals surface area contributed by atoms with Crippen LogP contribution in [0.5, 0.6) is 0 Å². The Labute approximate surface area is 143 Å². The van der Waals surface area contributed by atoms with Crippen molar-refractivity contribution in [3.8, 4) is 0 Å². The van der Waals surface area contributed by atoms with Crippen LogP contribution in [-0.4, -0.2) is 63.4 Å². The molecule has 1 atom stereocenters. The Hall–Kier alpha value is -0.653. The molecule has 0 unspecified atom stereocenters. The summed E-state index contributed by atoms with van der Waals surface area (Å²) in [5.41, 5.74) is 1.40. The number of fused-ring (bicyclic) bond motifs is 1. The molecule has 2 aliphatic heterocycles. The Balaban J connectivity index is 2.09. The van der Waals surface area contributed by atoms with Crippen LogP contribution in [0.15, 0.2) is 11.6 Å². The molecular formula is C18H34N2O2Si. The number of hydrogen-bond acceptors (Lipinski definition) is 3. The van der Waals surface area contributed by atoms with Crippen molar-refractivity contribution < 1.29 is 9.22 Å². The summed E-state index contributed by atoms with van der Waals surface area (Å²) in [4.78, 5) is 16.2. The predicted molar refractivity (Wildman–Crippen MR) is 98.1 cm³/mol. The van der Waals surface area contributed by atoms with E-state index in [0.29, 0.717) is 0 Å². The minimum absolute atomic E-state index is 0.0987. The van der Waals surface area contributed by atoms with Gasteiger partial charge in [-0.1, -0.05) is 20.8 Å². The topological polar surface area (TPSA) is 32.8 Å². The first-order chi connectivity index (χ1) is 10.5. The summed E-state index contributed by atoms with van der Waals surface area (Å²) >= 11 is 0. The second-order valence-electron chi connectivity index (χ2n) is 9.01. The maximum atomic E-state index is 12.0. The molecule has 5 heteroatoms. The van der Waals surface area contributed by atoms with E-state index in [1.807, 2.05) is 20.2 Å². The first kappa shape index (κ1) is 18.7. The van der Waals surface area contributed by atoms with Crippen molar-refractivity contribution in [1.29, 1.82) is 0 Å². The molecule has 2 rings (SSSR count). The van der Waals surface area contributed by atoms with Gasteiger partial charge in [-0.05, 0) is 49.5 Å². The SMILES string of the molecule is CN(C)C(=O)/C=C1\CN2CCC[C@@]2(CO[Si](C)(C)C(C)(C)C)C1. The highest BCUT2D eigenvalue weighted by atomic mass is 28.4. The molecule has 0 radical (unpaired) electrons. The average Bonchev–Trinajstić information content (AvgIpc) is 2.91. The monoisotopic (exact) mass is 338 g/mol. The van der Waals surface area contributed by atoms with Gasteiger partial charge in [-0.2, -0.15) is 0 Å². The molecule has 132 valence electrons. The molecule has 4 nitrogen and oxygen atoms in total. The minimum Gasteiger partial charge on any atom is -0.415 e. The zero-order chi connectivity index (χ0) is 17.5. The molecule has 0 aromatic heterocycles. The molecule has 0 aliphatic carbocycles. The van der Waals surface area contributed by atoms with E-state index in [-0.39, 0.29) is 16.5 Å². The predicted octanol–water partition coefficient (Wildman–Crippen LogP) is 3.26. The lowest BCUT2D eigenvalue weighted by atomic mass is 9.93. The van der Waals surface area contributed by atoms with Crippen LogP contribution in [0.3, 0.4) is 0 Å². The lowest BCUT2D eigenvalue weighted by Gasteiger charge is -2.40. The Morgan fingerprint density at radius 2 is 2.04 bits per heavy atom. The van der Waals surface area contributed by atoms with Gasteiger partial charge in [0.25, 0.3) is 0 Å². The number of likely N-dealkylation sites (N-methyl/N-ethyl adjacent to an activating group) is 1. The molecule has 2 fully saturated rings. The Bertz CT molecular complexity index is 494. The van der Waals surface area contributed by atoms with Crippen LogP contribution in [0.2, 0.25) is 18.1 Å². The average molecular weight is 339 g/mol. The van der Waals surface area contributed by atoms with Gasteiger partial charge in [-0.15, -0.1) is 0 Å². The highest BCUT2D eigenvalue weighted by molar-refractivity contribution is 6.74. The van der Waals surface area contributed by atoms with Gasteiger partial charge in [0.2, 0.25) is 5.91 Å². The van der Waals surface area contributed by atoms with E-state index in [0.717, 1.165) is 26.1 Å². The van der Waals surface area contributed by atoms with E-state index < -0.39 is 8.32 Å². The van der Waals surface area contributed by atoms with Gasteiger partial charge in [0.05, 0.1) is 6.61 Å². The third kappa shape index (κ3) is 3.89. The van der Waals surface area contributed by atoms with Gasteiger partial charge >= 0.3 is 0 Å². The van der Waals surface area contributed by atoms with Crippen molar-refractivity contribution in [2.45, 2.75) is 63.7 Å². The van der Waals surface area contributed by atoms with Gasteiger partial charge in [0.15, 0.2) is 8.32 Å². The number of amides is 1. The van der Waals surface area contributed by atoms with E-state index >= 15 is 0 Å². The van der Waals surface area contributed by atoms with Crippen molar-refractivity contribution in [2.75, 3.05) is 33.8 Å². The van der Waals surface area contributed by atoms with Crippen LogP contribution in [0.4, 0.5) is 0 Å². The fourth-order valence-corrected chi connectivity index (χ4v) is 4.37. The van der Waals surface area contributed by atoms with Crippen molar-refractivity contribution in [1.82, 2.24) is 9.80 Å². The van der Waals surface area contributed by atoms with Crippen LogP contribution in [0.1, 0.15) is 40.0 Å². The summed E-state index contributed by atoms with van der Waals surface area (Å²) in [5.74, 6) is 0.0987. The normalized spacial score (nSPS) is 27.5. The number of carbonyl (C=O) groups is 1. The number of hydrogen-bond donors (Lipinski definition) is 0. The van der Waals surface area contributed by atoms with Crippen LogP contribution in [0, 0.1) is 0 Å². The number of carbonyl (C=O) groups excluding carboxylic acids is 1. The van der Waals surface area contributed by atoms with Gasteiger partial charge < -0.3 is 9.33 Å². The fraction of sp³-hybridized carbons (Fsp3) is 0.833. The van der Waals surface area contributed by atoms with Crippen molar-refractivity contribution in [3.63, 3.8) is 0 Å². The first-order valence-corrected chi connectivity index (χ1v) is 11.7. The van der Waals surface area contributed by atoms with Crippen LogP contribution < -0.4 is 0 Å². The molecule has 2 aliphatic rings. The van der Waals surface area contributed by atoms with Crippen LogP contribution in [0.25, 0.3) is 0 Å². The lowest BCUT2D eigenvalue weighted by Crippen LogP contribution is -2.49. The largest absolute Gasteiger partial charge is 0.415 e.